The molecule has 9 heteroatoms. The average molecular weight is 499 g/mol. The second kappa shape index (κ2) is 10.2. The maximum Gasteiger partial charge on any atom is 0.289 e. The average Bonchev–Trinajstić information content (AvgIpc) is 3.30. The normalized spacial score (nSPS) is 18.3. The van der Waals surface area contributed by atoms with Gasteiger partial charge < -0.3 is 24.8 Å². The van der Waals surface area contributed by atoms with Crippen LogP contribution in [0.4, 0.5) is 17.2 Å². The maximum atomic E-state index is 6.20. The molecule has 190 valence electrons. The van der Waals surface area contributed by atoms with Crippen molar-refractivity contribution >= 4 is 39.8 Å². The number of hydrogen-bond donors (Lipinski definition) is 2. The monoisotopic (exact) mass is 498 g/mol. The van der Waals surface area contributed by atoms with Crippen LogP contribution in [0.3, 0.4) is 0 Å². The van der Waals surface area contributed by atoms with E-state index >= 15 is 0 Å². The first-order valence-corrected chi connectivity index (χ1v) is 12.7. The summed E-state index contributed by atoms with van der Waals surface area (Å²) < 4.78 is 17.7. The van der Waals surface area contributed by atoms with Crippen molar-refractivity contribution in [2.24, 2.45) is 9.98 Å². The molecule has 3 aromatic rings. The molecule has 0 aliphatic carbocycles. The molecule has 4 heterocycles. The molecule has 0 saturated carbocycles. The molecule has 3 aliphatic rings. The van der Waals surface area contributed by atoms with Crippen molar-refractivity contribution in [3.63, 3.8) is 0 Å². The van der Waals surface area contributed by atoms with E-state index in [-0.39, 0.29) is 5.60 Å². The summed E-state index contributed by atoms with van der Waals surface area (Å²) in [5.41, 5.74) is 4.40. The minimum absolute atomic E-state index is 0.235. The molecule has 1 saturated heterocycles. The van der Waals surface area contributed by atoms with Crippen molar-refractivity contribution in [1.82, 2.24) is 9.97 Å². The lowest BCUT2D eigenvalue weighted by atomic mass is 9.95. The molecule has 6 rings (SSSR count). The first-order valence-electron chi connectivity index (χ1n) is 12.7. The number of benzene rings is 2. The lowest BCUT2D eigenvalue weighted by molar-refractivity contribution is -0.0361. The van der Waals surface area contributed by atoms with Crippen LogP contribution in [0.1, 0.15) is 24.8 Å². The third-order valence-corrected chi connectivity index (χ3v) is 6.85. The Hall–Kier alpha value is -3.98. The third-order valence-electron chi connectivity index (χ3n) is 6.85. The zero-order chi connectivity index (χ0) is 25.1. The van der Waals surface area contributed by atoms with Crippen LogP contribution < -0.4 is 15.4 Å². The van der Waals surface area contributed by atoms with Crippen LogP contribution in [0.25, 0.3) is 10.9 Å². The molecule has 37 heavy (non-hydrogen) atoms. The van der Waals surface area contributed by atoms with Gasteiger partial charge in [-0.3, -0.25) is 4.99 Å². The highest BCUT2D eigenvalue weighted by atomic mass is 16.5. The number of aryl methyl sites for hydroxylation is 1. The van der Waals surface area contributed by atoms with Crippen molar-refractivity contribution in [3.8, 4) is 5.75 Å². The van der Waals surface area contributed by atoms with E-state index in [1.165, 1.54) is 0 Å². The van der Waals surface area contributed by atoms with Gasteiger partial charge in [0, 0.05) is 36.1 Å². The summed E-state index contributed by atoms with van der Waals surface area (Å²) in [6, 6.07) is 12.5. The van der Waals surface area contributed by atoms with Crippen molar-refractivity contribution in [2.45, 2.75) is 31.8 Å². The number of rotatable bonds is 6. The lowest BCUT2D eigenvalue weighted by Gasteiger charge is -2.31. The van der Waals surface area contributed by atoms with Crippen LogP contribution in [0, 0.1) is 6.92 Å². The molecule has 0 bridgehead atoms. The Labute approximate surface area is 215 Å². The molecule has 1 aromatic heterocycles. The number of anilines is 3. The zero-order valence-corrected chi connectivity index (χ0v) is 20.9. The van der Waals surface area contributed by atoms with E-state index < -0.39 is 0 Å². The van der Waals surface area contributed by atoms with E-state index in [1.807, 2.05) is 43.3 Å². The predicted molar refractivity (Wildman–Crippen MR) is 145 cm³/mol. The van der Waals surface area contributed by atoms with Gasteiger partial charge in [0.05, 0.1) is 31.0 Å². The van der Waals surface area contributed by atoms with E-state index in [9.17, 15) is 0 Å². The van der Waals surface area contributed by atoms with Crippen molar-refractivity contribution in [2.75, 3.05) is 43.5 Å². The number of amidine groups is 1. The van der Waals surface area contributed by atoms with Crippen LogP contribution in [0.15, 0.2) is 64.9 Å². The van der Waals surface area contributed by atoms with Gasteiger partial charge >= 0.3 is 0 Å². The Bertz CT molecular complexity index is 1390. The van der Waals surface area contributed by atoms with E-state index in [1.54, 1.807) is 6.33 Å². The summed E-state index contributed by atoms with van der Waals surface area (Å²) in [5, 5.41) is 7.66. The van der Waals surface area contributed by atoms with Gasteiger partial charge in [-0.05, 0) is 61.4 Å². The number of nitrogens with one attached hydrogen (secondary N) is 2. The van der Waals surface area contributed by atoms with Crippen molar-refractivity contribution < 1.29 is 14.2 Å². The molecule has 0 unspecified atom stereocenters. The number of ether oxygens (including phenoxy) is 3. The fourth-order valence-corrected chi connectivity index (χ4v) is 4.74. The fourth-order valence-electron chi connectivity index (χ4n) is 4.74. The third kappa shape index (κ3) is 5.27. The molecule has 9 nitrogen and oxygen atoms in total. The number of fused-ring (bicyclic) bond motifs is 1. The van der Waals surface area contributed by atoms with E-state index in [0.29, 0.717) is 32.4 Å². The molecule has 0 amide bonds. The summed E-state index contributed by atoms with van der Waals surface area (Å²) in [6.45, 7) is 5.42. The molecule has 0 radical (unpaired) electrons. The number of dihydropyridines is 1. The number of nitrogens with zero attached hydrogens (tertiary/aromatic N) is 4. The van der Waals surface area contributed by atoms with Crippen LogP contribution >= 0.6 is 0 Å². The quantitative estimate of drug-likeness (QED) is 0.503. The number of hydrogen-bond acceptors (Lipinski definition) is 9. The van der Waals surface area contributed by atoms with Gasteiger partial charge in [0.1, 0.15) is 30.1 Å². The largest absolute Gasteiger partial charge is 0.487 e. The Morgan fingerprint density at radius 3 is 2.70 bits per heavy atom. The van der Waals surface area contributed by atoms with Crippen LogP contribution in [-0.2, 0) is 9.47 Å². The number of aromatic nitrogens is 2. The minimum atomic E-state index is -0.235. The Morgan fingerprint density at radius 1 is 1.00 bits per heavy atom. The highest BCUT2D eigenvalue weighted by Gasteiger charge is 2.39. The first kappa shape index (κ1) is 23.4. The molecule has 1 fully saturated rings. The van der Waals surface area contributed by atoms with Gasteiger partial charge in [-0.1, -0.05) is 6.08 Å². The summed E-state index contributed by atoms with van der Waals surface area (Å²) in [7, 11) is 0. The van der Waals surface area contributed by atoms with Gasteiger partial charge in [0.15, 0.2) is 0 Å². The molecular weight excluding hydrogens is 468 g/mol. The van der Waals surface area contributed by atoms with Crippen LogP contribution in [0.2, 0.25) is 0 Å². The molecule has 3 aliphatic heterocycles. The molecule has 2 aromatic carbocycles. The first-order chi connectivity index (χ1) is 18.2. The Morgan fingerprint density at radius 2 is 1.86 bits per heavy atom. The summed E-state index contributed by atoms with van der Waals surface area (Å²) in [5.74, 6) is 1.56. The summed E-state index contributed by atoms with van der Waals surface area (Å²) in [6.07, 6.45) is 8.45. The highest BCUT2D eigenvalue weighted by molar-refractivity contribution is 5.97. The summed E-state index contributed by atoms with van der Waals surface area (Å²) in [4.78, 5) is 18.0. The van der Waals surface area contributed by atoms with Gasteiger partial charge in [-0.15, -0.1) is 0 Å². The minimum Gasteiger partial charge on any atom is -0.487 e. The zero-order valence-electron chi connectivity index (χ0n) is 20.9. The molecule has 2 N–H and O–H groups in total. The topological polar surface area (TPSA) is 102 Å². The van der Waals surface area contributed by atoms with Gasteiger partial charge in [-0.2, -0.15) is 0 Å². The van der Waals surface area contributed by atoms with Gasteiger partial charge in [0.2, 0.25) is 0 Å². The summed E-state index contributed by atoms with van der Waals surface area (Å²) >= 11 is 0. The predicted octanol–water partition coefficient (Wildman–Crippen LogP) is 4.81. The standard InChI is InChI=1S/C28H30N6O3/c1-19-14-20(6-8-25(19)36-16-22-4-2-3-11-29-22)33-26-23-15-21(5-7-24(23)31-18-32-26)34-27-30-17-28(37-27)9-12-35-13-10-28/h2,4-8,14-15,18H,3,9-13,16-17H2,1H3,(H,30,34)(H,31,32,33). The van der Waals surface area contributed by atoms with Crippen LogP contribution in [-0.4, -0.2) is 60.2 Å². The van der Waals surface area contributed by atoms with Gasteiger partial charge in [0.25, 0.3) is 6.02 Å². The van der Waals surface area contributed by atoms with E-state index in [4.69, 9.17) is 14.2 Å². The Balaban J connectivity index is 1.16. The molecule has 1 spiro atoms. The van der Waals surface area contributed by atoms with E-state index in [0.717, 1.165) is 70.9 Å². The van der Waals surface area contributed by atoms with Gasteiger partial charge in [-0.25, -0.2) is 15.0 Å². The fraction of sp³-hybridized carbons (Fsp3) is 0.357. The second-order valence-electron chi connectivity index (χ2n) is 9.56. The maximum absolute atomic E-state index is 6.20. The number of aliphatic imine (C=N–C) groups is 2. The van der Waals surface area contributed by atoms with E-state index in [2.05, 4.69) is 42.7 Å². The Kier molecular flexibility index (Phi) is 6.44. The van der Waals surface area contributed by atoms with Crippen LogP contribution in [0.5, 0.6) is 5.75 Å². The highest BCUT2D eigenvalue weighted by Crippen LogP contribution is 2.32. The molecular formula is C28H30N6O3. The SMILES string of the molecule is Cc1cc(Nc2ncnc3ccc(NC4=NCC5(CCOCC5)O4)cc23)ccc1OCC1=NCCC=C1. The smallest absolute Gasteiger partial charge is 0.289 e. The van der Waals surface area contributed by atoms with Crippen molar-refractivity contribution in [3.05, 3.63) is 60.4 Å². The molecule has 0 atom stereocenters. The second-order valence-corrected chi connectivity index (χ2v) is 9.56. The lowest BCUT2D eigenvalue weighted by Crippen LogP contribution is -2.40. The van der Waals surface area contributed by atoms with Crippen molar-refractivity contribution in [1.29, 1.82) is 0 Å².